The Hall–Kier alpha value is -1.88. The zero-order chi connectivity index (χ0) is 15.5. The number of esters is 1. The second kappa shape index (κ2) is 6.26. The van der Waals surface area contributed by atoms with Crippen molar-refractivity contribution in [1.82, 2.24) is 4.98 Å². The first-order chi connectivity index (χ1) is 9.90. The number of carbonyl (C=O) groups excluding carboxylic acids is 1. The van der Waals surface area contributed by atoms with E-state index in [-0.39, 0.29) is 0 Å². The fourth-order valence-corrected chi connectivity index (χ4v) is 3.22. The predicted molar refractivity (Wildman–Crippen MR) is 84.9 cm³/mol. The summed E-state index contributed by atoms with van der Waals surface area (Å²) < 4.78 is 11.0. The van der Waals surface area contributed by atoms with Crippen LogP contribution in [0.1, 0.15) is 23.2 Å². The first kappa shape index (κ1) is 15.5. The van der Waals surface area contributed by atoms with Gasteiger partial charge in [0.25, 0.3) is 0 Å². The van der Waals surface area contributed by atoms with Crippen LogP contribution < -0.4 is 0 Å². The SMILES string of the molecule is CCOC(=O)c1nc(-c2ccccc2)oc1C[Si](C)(C)C. The normalized spacial score (nSPS) is 11.4. The van der Waals surface area contributed by atoms with Crippen LogP contribution in [0.5, 0.6) is 0 Å². The molecule has 0 fully saturated rings. The summed E-state index contributed by atoms with van der Waals surface area (Å²) in [4.78, 5) is 16.4. The molecule has 1 aromatic carbocycles. The van der Waals surface area contributed by atoms with Gasteiger partial charge in [-0.15, -0.1) is 0 Å². The Morgan fingerprint density at radius 3 is 2.48 bits per heavy atom. The van der Waals surface area contributed by atoms with Crippen LogP contribution in [-0.4, -0.2) is 25.6 Å². The number of hydrogen-bond acceptors (Lipinski definition) is 4. The first-order valence-electron chi connectivity index (χ1n) is 7.13. The highest BCUT2D eigenvalue weighted by Crippen LogP contribution is 2.25. The second-order valence-corrected chi connectivity index (χ2v) is 11.6. The minimum Gasteiger partial charge on any atom is -0.461 e. The van der Waals surface area contributed by atoms with E-state index in [1.165, 1.54) is 0 Å². The van der Waals surface area contributed by atoms with Gasteiger partial charge >= 0.3 is 5.97 Å². The Kier molecular flexibility index (Phi) is 4.62. The highest BCUT2D eigenvalue weighted by molar-refractivity contribution is 6.75. The van der Waals surface area contributed by atoms with Crippen molar-refractivity contribution in [3.8, 4) is 11.5 Å². The molecule has 0 aliphatic carbocycles. The molecule has 0 aliphatic rings. The molecule has 2 aromatic rings. The van der Waals surface area contributed by atoms with Crippen molar-refractivity contribution in [3.63, 3.8) is 0 Å². The summed E-state index contributed by atoms with van der Waals surface area (Å²) in [5.74, 6) is 0.718. The summed E-state index contributed by atoms with van der Waals surface area (Å²) in [5, 5.41) is 0. The van der Waals surface area contributed by atoms with Crippen LogP contribution in [0.25, 0.3) is 11.5 Å². The lowest BCUT2D eigenvalue weighted by molar-refractivity contribution is 0.0518. The molecule has 4 nitrogen and oxygen atoms in total. The van der Waals surface area contributed by atoms with Crippen molar-refractivity contribution >= 4 is 14.0 Å². The lowest BCUT2D eigenvalue weighted by atomic mass is 10.2. The van der Waals surface area contributed by atoms with E-state index >= 15 is 0 Å². The molecular weight excluding hydrogens is 282 g/mol. The van der Waals surface area contributed by atoms with Gasteiger partial charge in [-0.1, -0.05) is 37.8 Å². The maximum Gasteiger partial charge on any atom is 0.360 e. The molecule has 21 heavy (non-hydrogen) atoms. The zero-order valence-electron chi connectivity index (χ0n) is 13.0. The molecule has 112 valence electrons. The monoisotopic (exact) mass is 303 g/mol. The number of carbonyl (C=O) groups is 1. The summed E-state index contributed by atoms with van der Waals surface area (Å²) in [5.41, 5.74) is 1.18. The van der Waals surface area contributed by atoms with Crippen LogP contribution in [0.15, 0.2) is 34.7 Å². The fourth-order valence-electron chi connectivity index (χ4n) is 2.02. The molecule has 0 amide bonds. The van der Waals surface area contributed by atoms with Gasteiger partial charge in [0, 0.05) is 11.6 Å². The summed E-state index contributed by atoms with van der Waals surface area (Å²) in [6.45, 7) is 8.80. The highest BCUT2D eigenvalue weighted by atomic mass is 28.3. The van der Waals surface area contributed by atoms with E-state index in [1.54, 1.807) is 6.92 Å². The van der Waals surface area contributed by atoms with Crippen molar-refractivity contribution in [2.24, 2.45) is 0 Å². The summed E-state index contributed by atoms with van der Waals surface area (Å²) in [7, 11) is -1.43. The Bertz CT molecular complexity index is 614. The molecule has 0 bridgehead atoms. The van der Waals surface area contributed by atoms with Gasteiger partial charge in [-0.05, 0) is 19.1 Å². The number of oxazole rings is 1. The van der Waals surface area contributed by atoms with Gasteiger partial charge < -0.3 is 9.15 Å². The van der Waals surface area contributed by atoms with E-state index in [1.807, 2.05) is 30.3 Å². The molecule has 0 atom stereocenters. The Balaban J connectivity index is 2.42. The van der Waals surface area contributed by atoms with Crippen molar-refractivity contribution < 1.29 is 13.9 Å². The Labute approximate surface area is 126 Å². The largest absolute Gasteiger partial charge is 0.461 e. The second-order valence-electron chi connectivity index (χ2n) is 6.11. The standard InChI is InChI=1S/C16H21NO3Si/c1-5-19-16(18)14-13(11-21(2,3)4)20-15(17-14)12-9-7-6-8-10-12/h6-10H,5,11H2,1-4H3. The van der Waals surface area contributed by atoms with Crippen LogP contribution in [0.2, 0.25) is 19.6 Å². The maximum absolute atomic E-state index is 12.1. The van der Waals surface area contributed by atoms with Crippen molar-refractivity contribution in [2.75, 3.05) is 6.61 Å². The van der Waals surface area contributed by atoms with Crippen LogP contribution in [0.3, 0.4) is 0 Å². The topological polar surface area (TPSA) is 52.3 Å². The minimum absolute atomic E-state index is 0.318. The maximum atomic E-state index is 12.1. The molecule has 0 spiro atoms. The van der Waals surface area contributed by atoms with Crippen LogP contribution >= 0.6 is 0 Å². The molecule has 0 N–H and O–H groups in total. The van der Waals surface area contributed by atoms with Crippen LogP contribution in [-0.2, 0) is 10.8 Å². The summed E-state index contributed by atoms with van der Waals surface area (Å²) in [6.07, 6.45) is 0. The van der Waals surface area contributed by atoms with E-state index in [4.69, 9.17) is 9.15 Å². The molecule has 0 radical (unpaired) electrons. The lowest BCUT2D eigenvalue weighted by Crippen LogP contribution is -2.25. The predicted octanol–water partition coefficient (Wildman–Crippen LogP) is 3.94. The fraction of sp³-hybridized carbons (Fsp3) is 0.375. The lowest BCUT2D eigenvalue weighted by Gasteiger charge is -2.13. The minimum atomic E-state index is -1.43. The van der Waals surface area contributed by atoms with Crippen molar-refractivity contribution in [1.29, 1.82) is 0 Å². The third-order valence-electron chi connectivity index (χ3n) is 2.88. The smallest absolute Gasteiger partial charge is 0.360 e. The first-order valence-corrected chi connectivity index (χ1v) is 10.8. The molecule has 0 aliphatic heterocycles. The number of hydrogen-bond donors (Lipinski definition) is 0. The van der Waals surface area contributed by atoms with Gasteiger partial charge in [0.2, 0.25) is 5.89 Å². The van der Waals surface area contributed by atoms with E-state index in [9.17, 15) is 4.79 Å². The van der Waals surface area contributed by atoms with Gasteiger partial charge in [0.05, 0.1) is 14.7 Å². The molecule has 0 unspecified atom stereocenters. The summed E-state index contributed by atoms with van der Waals surface area (Å²) in [6, 6.07) is 10.4. The molecule has 1 heterocycles. The van der Waals surface area contributed by atoms with Crippen molar-refractivity contribution in [3.05, 3.63) is 41.8 Å². The van der Waals surface area contributed by atoms with E-state index < -0.39 is 14.0 Å². The van der Waals surface area contributed by atoms with E-state index in [0.717, 1.165) is 11.6 Å². The van der Waals surface area contributed by atoms with Gasteiger partial charge in [-0.3, -0.25) is 0 Å². The number of rotatable bonds is 5. The Morgan fingerprint density at radius 1 is 1.24 bits per heavy atom. The van der Waals surface area contributed by atoms with Gasteiger partial charge in [0.1, 0.15) is 5.76 Å². The quantitative estimate of drug-likeness (QED) is 0.620. The van der Waals surface area contributed by atoms with Gasteiger partial charge in [-0.2, -0.15) is 0 Å². The zero-order valence-corrected chi connectivity index (χ0v) is 14.0. The molecule has 2 rings (SSSR count). The average molecular weight is 303 g/mol. The van der Waals surface area contributed by atoms with Crippen LogP contribution in [0, 0.1) is 0 Å². The average Bonchev–Trinajstić information content (AvgIpc) is 2.82. The molecule has 1 aromatic heterocycles. The van der Waals surface area contributed by atoms with Crippen molar-refractivity contribution in [2.45, 2.75) is 32.6 Å². The molecule has 5 heteroatoms. The molecular formula is C16H21NO3Si. The third-order valence-corrected chi connectivity index (χ3v) is 4.26. The Morgan fingerprint density at radius 2 is 1.90 bits per heavy atom. The number of ether oxygens (including phenoxy) is 1. The van der Waals surface area contributed by atoms with E-state index in [0.29, 0.717) is 24.0 Å². The van der Waals surface area contributed by atoms with Gasteiger partial charge in [-0.25, -0.2) is 9.78 Å². The number of aromatic nitrogens is 1. The summed E-state index contributed by atoms with van der Waals surface area (Å²) >= 11 is 0. The molecule has 0 saturated carbocycles. The third kappa shape index (κ3) is 4.04. The van der Waals surface area contributed by atoms with E-state index in [2.05, 4.69) is 24.6 Å². The number of benzene rings is 1. The molecule has 0 saturated heterocycles. The highest BCUT2D eigenvalue weighted by Gasteiger charge is 2.26. The van der Waals surface area contributed by atoms with Crippen LogP contribution in [0.4, 0.5) is 0 Å². The number of nitrogens with zero attached hydrogens (tertiary/aromatic N) is 1. The van der Waals surface area contributed by atoms with Gasteiger partial charge in [0.15, 0.2) is 5.69 Å².